The molecule has 2 saturated heterocycles. The third-order valence-corrected chi connectivity index (χ3v) is 8.69. The van der Waals surface area contributed by atoms with Gasteiger partial charge in [0.15, 0.2) is 0 Å². The number of benzene rings is 1. The van der Waals surface area contributed by atoms with E-state index < -0.39 is 5.41 Å². The van der Waals surface area contributed by atoms with E-state index in [1.54, 1.807) is 15.8 Å². The maximum atomic E-state index is 13.8. The number of hydrogen-bond acceptors (Lipinski definition) is 7. The zero-order valence-electron chi connectivity index (χ0n) is 23.8. The summed E-state index contributed by atoms with van der Waals surface area (Å²) in [6.07, 6.45) is 6.85. The zero-order valence-corrected chi connectivity index (χ0v) is 23.8. The third-order valence-electron chi connectivity index (χ3n) is 8.69. The van der Waals surface area contributed by atoms with E-state index in [2.05, 4.69) is 20.6 Å². The molecule has 1 N–H and O–H groups in total. The lowest BCUT2D eigenvalue weighted by Crippen LogP contribution is -2.52. The number of nitrogens with one attached hydrogen (secondary N) is 1. The van der Waals surface area contributed by atoms with Crippen LogP contribution in [0, 0.1) is 11.3 Å². The fourth-order valence-electron chi connectivity index (χ4n) is 6.23. The number of carbonyl (C=O) groups is 3. The summed E-state index contributed by atoms with van der Waals surface area (Å²) in [6, 6.07) is 13.6. The van der Waals surface area contributed by atoms with Gasteiger partial charge in [-0.1, -0.05) is 23.4 Å². The van der Waals surface area contributed by atoms with Gasteiger partial charge in [0.1, 0.15) is 5.75 Å². The maximum Gasteiger partial charge on any atom is 0.227 e. The molecule has 11 nitrogen and oxygen atoms in total. The van der Waals surface area contributed by atoms with Gasteiger partial charge in [-0.15, -0.1) is 5.10 Å². The Balaban J connectivity index is 1.12. The van der Waals surface area contributed by atoms with Crippen molar-refractivity contribution in [2.75, 3.05) is 32.8 Å². The van der Waals surface area contributed by atoms with E-state index >= 15 is 0 Å². The topological polar surface area (TPSA) is 123 Å². The van der Waals surface area contributed by atoms with Crippen LogP contribution >= 0.6 is 0 Å². The second kappa shape index (κ2) is 12.3. The summed E-state index contributed by atoms with van der Waals surface area (Å²) in [6.45, 7) is 3.50. The van der Waals surface area contributed by atoms with Gasteiger partial charge in [-0.3, -0.25) is 24.0 Å². The normalized spacial score (nSPS) is 21.2. The Kier molecular flexibility index (Phi) is 8.16. The first-order chi connectivity index (χ1) is 20.5. The number of piperidine rings is 1. The molecule has 0 aliphatic carbocycles. The van der Waals surface area contributed by atoms with Crippen molar-refractivity contribution in [2.45, 2.75) is 51.6 Å². The van der Waals surface area contributed by atoms with Crippen molar-refractivity contribution >= 4 is 17.7 Å². The van der Waals surface area contributed by atoms with Gasteiger partial charge in [0.05, 0.1) is 35.9 Å². The zero-order chi connectivity index (χ0) is 28.9. The van der Waals surface area contributed by atoms with Crippen LogP contribution in [-0.4, -0.2) is 80.3 Å². The summed E-state index contributed by atoms with van der Waals surface area (Å²) in [5, 5.41) is 11.8. The van der Waals surface area contributed by atoms with Crippen LogP contribution in [0.2, 0.25) is 0 Å². The number of hydrogen-bond donors (Lipinski definition) is 1. The number of aromatic nitrogens is 4. The number of ether oxygens (including phenoxy) is 1. The summed E-state index contributed by atoms with van der Waals surface area (Å²) in [7, 11) is 0. The SMILES string of the molecule is O=C1CC(C(=O)N2CCC3(CC2)Cc2cn(nn2)CCCOc2ccc(cc2)CCNC3=O)CN1Cc1ccccn1. The highest BCUT2D eigenvalue weighted by Crippen LogP contribution is 2.36. The van der Waals surface area contributed by atoms with E-state index in [4.69, 9.17) is 4.74 Å². The summed E-state index contributed by atoms with van der Waals surface area (Å²) in [5.74, 6) is 0.411. The molecule has 1 aromatic carbocycles. The monoisotopic (exact) mass is 571 g/mol. The number of rotatable bonds is 3. The minimum atomic E-state index is -0.685. The predicted octanol–water partition coefficient (Wildman–Crippen LogP) is 2.01. The van der Waals surface area contributed by atoms with Crippen molar-refractivity contribution in [1.29, 1.82) is 0 Å². The van der Waals surface area contributed by atoms with Gasteiger partial charge in [0.2, 0.25) is 17.7 Å². The predicted molar refractivity (Wildman–Crippen MR) is 153 cm³/mol. The molecule has 42 heavy (non-hydrogen) atoms. The molecular weight excluding hydrogens is 534 g/mol. The Hall–Kier alpha value is -4.28. The Morgan fingerprint density at radius 3 is 2.69 bits per heavy atom. The van der Waals surface area contributed by atoms with Crippen LogP contribution in [0.1, 0.15) is 42.6 Å². The number of likely N-dealkylation sites (tertiary alicyclic amines) is 2. The van der Waals surface area contributed by atoms with Gasteiger partial charge < -0.3 is 19.9 Å². The molecule has 1 atom stereocenters. The lowest BCUT2D eigenvalue weighted by Gasteiger charge is -2.41. The molecule has 2 aromatic heterocycles. The second-order valence-electron chi connectivity index (χ2n) is 11.6. The average molecular weight is 572 g/mol. The number of nitrogens with zero attached hydrogens (tertiary/aromatic N) is 6. The van der Waals surface area contributed by atoms with Crippen LogP contribution in [0.25, 0.3) is 0 Å². The van der Waals surface area contributed by atoms with E-state index in [-0.39, 0.29) is 30.1 Å². The summed E-state index contributed by atoms with van der Waals surface area (Å²) in [4.78, 5) is 47.8. The van der Waals surface area contributed by atoms with Crippen molar-refractivity contribution in [2.24, 2.45) is 11.3 Å². The highest BCUT2D eigenvalue weighted by Gasteiger charge is 2.45. The van der Waals surface area contributed by atoms with Crippen LogP contribution in [0.3, 0.4) is 0 Å². The number of pyridine rings is 1. The Morgan fingerprint density at radius 1 is 1.07 bits per heavy atom. The van der Waals surface area contributed by atoms with Crippen molar-refractivity contribution in [3.63, 3.8) is 0 Å². The smallest absolute Gasteiger partial charge is 0.227 e. The molecule has 1 spiro atoms. The molecular formula is C31H37N7O4. The summed E-state index contributed by atoms with van der Waals surface area (Å²) < 4.78 is 7.66. The first-order valence-corrected chi connectivity index (χ1v) is 14.8. The first-order valence-electron chi connectivity index (χ1n) is 14.8. The van der Waals surface area contributed by atoms with E-state index in [0.717, 1.165) is 29.1 Å². The lowest BCUT2D eigenvalue weighted by atomic mass is 9.73. The molecule has 3 aromatic rings. The van der Waals surface area contributed by atoms with Crippen molar-refractivity contribution in [3.8, 4) is 5.75 Å². The van der Waals surface area contributed by atoms with Crippen molar-refractivity contribution in [3.05, 3.63) is 71.8 Å². The fraction of sp³-hybridized carbons (Fsp3) is 0.484. The maximum absolute atomic E-state index is 13.8. The standard InChI is InChI=1S/C31H37N7O4/c39-28-18-24(20-37(28)21-25-4-1-2-12-32-25)29(40)36-15-10-31(11-16-36)19-26-22-38(35-34-26)14-3-17-42-27-7-5-23(6-8-27)9-13-33-30(31)41/h1-2,4-8,12,22,24H,3,9-11,13-21H2,(H,33,41). The Morgan fingerprint density at radius 2 is 1.90 bits per heavy atom. The molecule has 0 radical (unpaired) electrons. The molecule has 4 aliphatic rings. The van der Waals surface area contributed by atoms with Gasteiger partial charge in [0, 0.05) is 64.4 Å². The van der Waals surface area contributed by atoms with Gasteiger partial charge in [-0.05, 0) is 49.1 Å². The highest BCUT2D eigenvalue weighted by atomic mass is 16.5. The summed E-state index contributed by atoms with van der Waals surface area (Å²) >= 11 is 0. The van der Waals surface area contributed by atoms with Crippen LogP contribution in [0.5, 0.6) is 5.75 Å². The third kappa shape index (κ3) is 6.29. The number of aryl methyl sites for hydroxylation is 1. The minimum Gasteiger partial charge on any atom is -0.494 e. The van der Waals surface area contributed by atoms with E-state index in [1.165, 1.54) is 0 Å². The fourth-order valence-corrected chi connectivity index (χ4v) is 6.23. The largest absolute Gasteiger partial charge is 0.494 e. The van der Waals surface area contributed by atoms with Gasteiger partial charge in [-0.25, -0.2) is 0 Å². The van der Waals surface area contributed by atoms with E-state index in [0.29, 0.717) is 71.6 Å². The highest BCUT2D eigenvalue weighted by molar-refractivity contribution is 5.89. The van der Waals surface area contributed by atoms with Crippen LogP contribution in [0.4, 0.5) is 0 Å². The molecule has 2 fully saturated rings. The number of fused-ring (bicyclic) bond motifs is 8. The Bertz CT molecular complexity index is 1400. The number of carbonyl (C=O) groups excluding carboxylic acids is 3. The molecule has 7 rings (SSSR count). The summed E-state index contributed by atoms with van der Waals surface area (Å²) in [5.41, 5.74) is 2.03. The number of amides is 3. The minimum absolute atomic E-state index is 0.00833. The second-order valence-corrected chi connectivity index (χ2v) is 11.6. The Labute approximate surface area is 245 Å². The molecule has 11 heteroatoms. The van der Waals surface area contributed by atoms with Crippen LogP contribution in [-0.2, 0) is 40.3 Å². The molecule has 220 valence electrons. The molecule has 4 bridgehead atoms. The van der Waals surface area contributed by atoms with E-state index in [9.17, 15) is 14.4 Å². The van der Waals surface area contributed by atoms with Gasteiger partial charge in [0.25, 0.3) is 0 Å². The first kappa shape index (κ1) is 27.9. The van der Waals surface area contributed by atoms with Crippen molar-refractivity contribution < 1.29 is 19.1 Å². The lowest BCUT2D eigenvalue weighted by molar-refractivity contribution is -0.143. The van der Waals surface area contributed by atoms with Gasteiger partial charge >= 0.3 is 0 Å². The van der Waals surface area contributed by atoms with Crippen molar-refractivity contribution in [1.82, 2.24) is 35.1 Å². The van der Waals surface area contributed by atoms with Crippen LogP contribution in [0.15, 0.2) is 54.9 Å². The molecule has 4 aliphatic heterocycles. The average Bonchev–Trinajstić information content (AvgIpc) is 3.61. The van der Waals surface area contributed by atoms with Gasteiger partial charge in [-0.2, -0.15) is 0 Å². The van der Waals surface area contributed by atoms with E-state index in [1.807, 2.05) is 53.6 Å². The van der Waals surface area contributed by atoms with Crippen LogP contribution < -0.4 is 10.1 Å². The molecule has 0 saturated carbocycles. The molecule has 1 unspecified atom stereocenters. The molecule has 6 heterocycles. The molecule has 3 amide bonds. The quantitative estimate of drug-likeness (QED) is 0.510.